The molecule has 2 N–H and O–H groups in total. The molecule has 0 saturated carbocycles. The van der Waals surface area contributed by atoms with E-state index >= 15 is 0 Å². The molecular weight excluding hydrogens is 476 g/mol. The number of aliphatic hydroxyl groups is 2. The maximum atomic E-state index is 9.31. The highest BCUT2D eigenvalue weighted by atomic mass is 28.5. The normalized spacial score (nSPS) is 17.1. The van der Waals surface area contributed by atoms with Gasteiger partial charge < -0.3 is 37.4 Å². The van der Waals surface area contributed by atoms with Crippen molar-refractivity contribution >= 4 is 25.2 Å². The van der Waals surface area contributed by atoms with Gasteiger partial charge in [-0.15, -0.1) is 0 Å². The molecule has 8 nitrogen and oxygen atoms in total. The molecule has 0 heterocycles. The van der Waals surface area contributed by atoms with Gasteiger partial charge in [0.25, 0.3) is 0 Å². The highest BCUT2D eigenvalue weighted by molar-refractivity contribution is 6.87. The third-order valence-electron chi connectivity index (χ3n) is 4.51. The van der Waals surface area contributed by atoms with Crippen LogP contribution >= 0.6 is 0 Å². The molecule has 33 heavy (non-hydrogen) atoms. The zero-order valence-electron chi connectivity index (χ0n) is 22.8. The average molecular weight is 529 g/mol. The lowest BCUT2D eigenvalue weighted by atomic mass is 10.4. The van der Waals surface area contributed by atoms with Gasteiger partial charge in [-0.25, -0.2) is 0 Å². The number of ether oxygens (including phenoxy) is 4. The highest BCUT2D eigenvalue weighted by Gasteiger charge is 2.39. The predicted octanol–water partition coefficient (Wildman–Crippen LogP) is 3.67. The number of hydrogen-bond acceptors (Lipinski definition) is 8. The van der Waals surface area contributed by atoms with Gasteiger partial charge in [-0.05, 0) is 79.4 Å². The molecule has 0 bridgehead atoms. The summed E-state index contributed by atoms with van der Waals surface area (Å²) in [5, 5.41) is 18.6. The topological polar surface area (TPSA) is 95.8 Å². The Balaban J connectivity index is 4.27. The van der Waals surface area contributed by atoms with Crippen LogP contribution in [0.4, 0.5) is 0 Å². The summed E-state index contributed by atoms with van der Waals surface area (Å²) in [6.45, 7) is 22.7. The van der Waals surface area contributed by atoms with E-state index in [1.54, 1.807) is 13.8 Å². The Bertz CT molecular complexity index is 504. The monoisotopic (exact) mass is 528 g/mol. The van der Waals surface area contributed by atoms with Crippen LogP contribution in [0, 0.1) is 0 Å². The van der Waals surface area contributed by atoms with Crippen LogP contribution < -0.4 is 0 Å². The van der Waals surface area contributed by atoms with Gasteiger partial charge in [0.1, 0.15) is 0 Å². The van der Waals surface area contributed by atoms with E-state index in [0.717, 1.165) is 12.5 Å². The summed E-state index contributed by atoms with van der Waals surface area (Å²) in [5.41, 5.74) is 0. The summed E-state index contributed by atoms with van der Waals surface area (Å²) >= 11 is 0. The molecule has 11 heteroatoms. The first-order valence-corrected chi connectivity index (χ1v) is 21.2. The van der Waals surface area contributed by atoms with E-state index in [2.05, 4.69) is 39.3 Å². The van der Waals surface area contributed by atoms with E-state index in [9.17, 15) is 10.2 Å². The van der Waals surface area contributed by atoms with Crippen LogP contribution in [-0.2, 0) is 27.2 Å². The third-order valence-corrected chi connectivity index (χ3v) is 15.3. The molecule has 0 aromatic rings. The van der Waals surface area contributed by atoms with E-state index in [-0.39, 0.29) is 12.2 Å². The van der Waals surface area contributed by atoms with Crippen molar-refractivity contribution in [2.45, 2.75) is 104 Å². The van der Waals surface area contributed by atoms with Crippen LogP contribution in [0.15, 0.2) is 0 Å². The van der Waals surface area contributed by atoms with Gasteiger partial charge in [-0.2, -0.15) is 0 Å². The lowest BCUT2D eigenvalue weighted by Gasteiger charge is -2.38. The van der Waals surface area contributed by atoms with Gasteiger partial charge in [0, 0.05) is 6.61 Å². The largest absolute Gasteiger partial charge is 0.437 e. The summed E-state index contributed by atoms with van der Waals surface area (Å²) in [6, 6.07) is 1.01. The third kappa shape index (κ3) is 20.2. The lowest BCUT2D eigenvalue weighted by molar-refractivity contribution is -0.0363. The van der Waals surface area contributed by atoms with Crippen LogP contribution in [0.2, 0.25) is 45.3 Å². The minimum Gasteiger partial charge on any atom is -0.437 e. The summed E-state index contributed by atoms with van der Waals surface area (Å²) in [4.78, 5) is 0. The molecule has 0 spiro atoms. The first-order valence-electron chi connectivity index (χ1n) is 12.2. The van der Waals surface area contributed by atoms with Crippen molar-refractivity contribution < 1.29 is 37.4 Å². The van der Waals surface area contributed by atoms with Gasteiger partial charge in [0.2, 0.25) is 8.32 Å². The molecule has 0 aliphatic carbocycles. The summed E-state index contributed by atoms with van der Waals surface area (Å²) < 4.78 is 35.8. The minimum absolute atomic E-state index is 0.0250. The van der Waals surface area contributed by atoms with E-state index in [0.29, 0.717) is 39.3 Å². The molecule has 0 saturated heterocycles. The fourth-order valence-corrected chi connectivity index (χ4v) is 16.9. The summed E-state index contributed by atoms with van der Waals surface area (Å²) in [7, 11) is -6.23. The average Bonchev–Trinajstić information content (AvgIpc) is 2.62. The first-order chi connectivity index (χ1) is 15.0. The van der Waals surface area contributed by atoms with Gasteiger partial charge >= 0.3 is 8.56 Å². The van der Waals surface area contributed by atoms with E-state index < -0.39 is 37.4 Å². The Morgan fingerprint density at radius 1 is 0.636 bits per heavy atom. The zero-order chi connectivity index (χ0) is 25.7. The predicted molar refractivity (Wildman–Crippen MR) is 140 cm³/mol. The maximum absolute atomic E-state index is 9.31. The molecule has 0 aromatic heterocycles. The van der Waals surface area contributed by atoms with Gasteiger partial charge in [-0.1, -0.05) is 0 Å². The molecule has 0 aliphatic rings. The molecular formula is C22H52O8Si3. The zero-order valence-corrected chi connectivity index (χ0v) is 25.8. The molecule has 0 fully saturated rings. The van der Waals surface area contributed by atoms with Crippen LogP contribution in [0.3, 0.4) is 0 Å². The fourth-order valence-electron chi connectivity index (χ4n) is 3.46. The van der Waals surface area contributed by atoms with Crippen molar-refractivity contribution in [3.8, 4) is 0 Å². The molecule has 0 rings (SSSR count). The Morgan fingerprint density at radius 3 is 1.58 bits per heavy atom. The maximum Gasteiger partial charge on any atom is 0.311 e. The van der Waals surface area contributed by atoms with Crippen molar-refractivity contribution in [3.05, 3.63) is 0 Å². The van der Waals surface area contributed by atoms with Crippen molar-refractivity contribution in [2.24, 2.45) is 0 Å². The molecule has 0 aliphatic heterocycles. The molecule has 0 aromatic carbocycles. The SMILES string of the molecule is CC(O)COC(C)COCCC[Si](C)(C)O[Si](C)(C)O[Si](C)(C)COCC(C)OCC(C)O. The second-order valence-electron chi connectivity index (χ2n) is 10.8. The van der Waals surface area contributed by atoms with Gasteiger partial charge in [-0.3, -0.25) is 0 Å². The Kier molecular flexibility index (Phi) is 16.3. The van der Waals surface area contributed by atoms with Crippen molar-refractivity contribution in [3.63, 3.8) is 0 Å². The van der Waals surface area contributed by atoms with Crippen LogP contribution in [0.25, 0.3) is 0 Å². The Hall–Kier alpha value is 0.331. The van der Waals surface area contributed by atoms with Crippen molar-refractivity contribution in [1.82, 2.24) is 0 Å². The molecule has 200 valence electrons. The standard InChI is InChI=1S/C22H52O8Si3/c1-19(23)14-27-21(3)16-25-12-11-13-31(5,6)29-33(9,10)30-32(7,8)18-26-17-22(4)28-15-20(2)24/h19-24H,11-18H2,1-10H3. The molecule has 4 atom stereocenters. The Morgan fingerprint density at radius 2 is 1.09 bits per heavy atom. The molecule has 4 unspecified atom stereocenters. The second-order valence-corrected chi connectivity index (χ2v) is 23.1. The first kappa shape index (κ1) is 33.3. The summed E-state index contributed by atoms with van der Waals surface area (Å²) in [6.07, 6.45) is 0.518. The van der Waals surface area contributed by atoms with Gasteiger partial charge in [0.05, 0.1) is 57.1 Å². The Labute approximate surface area is 205 Å². The highest BCUT2D eigenvalue weighted by Crippen LogP contribution is 2.24. The van der Waals surface area contributed by atoms with E-state index in [1.807, 2.05) is 13.8 Å². The number of rotatable bonds is 20. The van der Waals surface area contributed by atoms with Crippen LogP contribution in [0.5, 0.6) is 0 Å². The van der Waals surface area contributed by atoms with Crippen LogP contribution in [-0.4, -0.2) is 99.1 Å². The fraction of sp³-hybridized carbons (Fsp3) is 1.00. The van der Waals surface area contributed by atoms with Gasteiger partial charge in [0.15, 0.2) is 8.32 Å². The van der Waals surface area contributed by atoms with E-state index in [4.69, 9.17) is 27.2 Å². The smallest absolute Gasteiger partial charge is 0.311 e. The number of aliphatic hydroxyl groups excluding tert-OH is 2. The summed E-state index contributed by atoms with van der Waals surface area (Å²) in [5.74, 6) is 0. The molecule has 0 amide bonds. The van der Waals surface area contributed by atoms with Crippen LogP contribution in [0.1, 0.15) is 34.1 Å². The second kappa shape index (κ2) is 16.1. The minimum atomic E-state index is -2.29. The number of hydrogen-bond donors (Lipinski definition) is 2. The van der Waals surface area contributed by atoms with Crippen molar-refractivity contribution in [2.75, 3.05) is 39.3 Å². The quantitative estimate of drug-likeness (QED) is 0.183. The molecule has 0 radical (unpaired) electrons. The lowest BCUT2D eigenvalue weighted by Crippen LogP contribution is -2.54. The van der Waals surface area contributed by atoms with Crippen molar-refractivity contribution in [1.29, 1.82) is 0 Å². The van der Waals surface area contributed by atoms with E-state index in [1.165, 1.54) is 0 Å².